The molecule has 0 spiro atoms. The van der Waals surface area contributed by atoms with E-state index >= 15 is 0 Å². The highest BCUT2D eigenvalue weighted by Gasteiger charge is 2.44. The number of nitrogens with zero attached hydrogens (tertiary/aromatic N) is 4. The van der Waals surface area contributed by atoms with Gasteiger partial charge in [-0.05, 0) is 42.7 Å². The van der Waals surface area contributed by atoms with Crippen LogP contribution < -0.4 is 11.1 Å². The number of hydrogen-bond acceptors (Lipinski definition) is 11. The molecule has 2 heterocycles. The third kappa shape index (κ3) is 14.1. The van der Waals surface area contributed by atoms with E-state index in [2.05, 4.69) is 5.32 Å². The van der Waals surface area contributed by atoms with E-state index in [1.807, 2.05) is 77.9 Å². The SMILES string of the molecule is CC(C)(C)OC(=O)N[C@H](CN1CCN(C(=O)OCc2ccccc2)S1(=O)=O)C(C)(C)C.CC(C)(C)[C@H](N)CN1CCN(C(=O)OCc2ccccc2)S1(=O)=O.Cl. The van der Waals surface area contributed by atoms with Crippen molar-refractivity contribution in [2.45, 2.75) is 93.2 Å². The van der Waals surface area contributed by atoms with Crippen LogP contribution in [0.5, 0.6) is 0 Å². The molecule has 0 bridgehead atoms. The normalized spacial score (nSPS) is 18.1. The number of rotatable bonds is 9. The van der Waals surface area contributed by atoms with Crippen molar-refractivity contribution in [1.82, 2.24) is 22.5 Å². The van der Waals surface area contributed by atoms with Gasteiger partial charge in [0, 0.05) is 32.2 Å². The van der Waals surface area contributed by atoms with Crippen LogP contribution >= 0.6 is 12.4 Å². The zero-order valence-electron chi connectivity index (χ0n) is 33.8. The minimum Gasteiger partial charge on any atom is -0.444 e. The van der Waals surface area contributed by atoms with Crippen LogP contribution in [0.15, 0.2) is 60.7 Å². The second kappa shape index (κ2) is 19.7. The number of hydrogen-bond donors (Lipinski definition) is 2. The lowest BCUT2D eigenvalue weighted by molar-refractivity contribution is 0.0453. The third-order valence-corrected chi connectivity index (χ3v) is 12.5. The molecule has 2 fully saturated rings. The Labute approximate surface area is 338 Å². The Hall–Kier alpha value is -3.68. The number of nitrogens with one attached hydrogen (secondary N) is 1. The highest BCUT2D eigenvalue weighted by atomic mass is 35.5. The molecule has 316 valence electrons. The first-order chi connectivity index (χ1) is 25.3. The van der Waals surface area contributed by atoms with E-state index in [0.717, 1.165) is 19.7 Å². The molecular weight excluding hydrogens is 788 g/mol. The summed E-state index contributed by atoms with van der Waals surface area (Å²) in [6.45, 7) is 17.4. The van der Waals surface area contributed by atoms with Gasteiger partial charge in [-0.1, -0.05) is 102 Å². The summed E-state index contributed by atoms with van der Waals surface area (Å²) >= 11 is 0. The number of carbonyl (C=O) groups is 3. The summed E-state index contributed by atoms with van der Waals surface area (Å²) in [4.78, 5) is 36.8. The summed E-state index contributed by atoms with van der Waals surface area (Å²) < 4.78 is 70.4. The van der Waals surface area contributed by atoms with E-state index in [1.165, 1.54) is 8.61 Å². The molecule has 2 aromatic carbocycles. The van der Waals surface area contributed by atoms with Crippen molar-refractivity contribution in [2.75, 3.05) is 39.3 Å². The number of halogens is 1. The molecule has 2 saturated heterocycles. The Kier molecular flexibility index (Phi) is 17.0. The van der Waals surface area contributed by atoms with Gasteiger partial charge in [0.1, 0.15) is 18.8 Å². The number of carbonyl (C=O) groups excluding carboxylic acids is 3. The van der Waals surface area contributed by atoms with E-state index in [1.54, 1.807) is 45.0 Å². The van der Waals surface area contributed by atoms with Gasteiger partial charge in [0.05, 0.1) is 19.1 Å². The average molecular weight is 847 g/mol. The smallest absolute Gasteiger partial charge is 0.424 e. The molecule has 2 atom stereocenters. The lowest BCUT2D eigenvalue weighted by Gasteiger charge is -2.34. The standard InChI is InChI=1S/C21H33N3O6S.C16H25N3O4S.ClH/c1-20(2,3)17(22-18(25)30-21(4,5)6)14-23-12-13-24(31(23,27)28)19(26)29-15-16-10-8-7-9-11-16;1-16(2,3)14(17)11-18-9-10-19(24(18,21)22)15(20)23-12-13-7-5-4-6-8-13;/h7-11,17H,12-15H2,1-6H3,(H,22,25);4-8,14H,9-12,17H2,1-3H3;1H/t17-;14-;/m11./s1. The van der Waals surface area contributed by atoms with Crippen molar-refractivity contribution in [3.05, 3.63) is 71.8 Å². The molecule has 19 heteroatoms. The summed E-state index contributed by atoms with van der Waals surface area (Å²) in [6, 6.07) is 17.3. The number of nitrogens with two attached hydrogens (primary N) is 1. The van der Waals surface area contributed by atoms with Gasteiger partial charge in [0.25, 0.3) is 0 Å². The van der Waals surface area contributed by atoms with Crippen molar-refractivity contribution in [1.29, 1.82) is 0 Å². The van der Waals surface area contributed by atoms with Crippen molar-refractivity contribution >= 4 is 51.1 Å². The zero-order valence-corrected chi connectivity index (χ0v) is 36.2. The summed E-state index contributed by atoms with van der Waals surface area (Å²) in [6.07, 6.45) is -2.40. The Morgan fingerprint density at radius 1 is 0.661 bits per heavy atom. The topological polar surface area (TPSA) is 198 Å². The summed E-state index contributed by atoms with van der Waals surface area (Å²) in [5.74, 6) is 0. The predicted octanol–water partition coefficient (Wildman–Crippen LogP) is 5.11. The van der Waals surface area contributed by atoms with Gasteiger partial charge >= 0.3 is 38.7 Å². The first-order valence-corrected chi connectivity index (χ1v) is 20.8. The number of benzene rings is 2. The van der Waals surface area contributed by atoms with Crippen LogP contribution in [0, 0.1) is 10.8 Å². The van der Waals surface area contributed by atoms with Crippen LogP contribution in [-0.4, -0.2) is 109 Å². The highest BCUT2D eigenvalue weighted by Crippen LogP contribution is 2.26. The van der Waals surface area contributed by atoms with Crippen LogP contribution in [0.1, 0.15) is 73.4 Å². The van der Waals surface area contributed by atoms with E-state index in [0.29, 0.717) is 0 Å². The van der Waals surface area contributed by atoms with Crippen LogP contribution in [0.3, 0.4) is 0 Å². The van der Waals surface area contributed by atoms with Crippen LogP contribution in [-0.2, 0) is 47.8 Å². The van der Waals surface area contributed by atoms with Crippen LogP contribution in [0.2, 0.25) is 0 Å². The quantitative estimate of drug-likeness (QED) is 0.318. The molecule has 0 saturated carbocycles. The Morgan fingerprint density at radius 3 is 1.41 bits per heavy atom. The second-order valence-corrected chi connectivity index (χ2v) is 20.2. The second-order valence-electron chi connectivity index (χ2n) is 16.5. The molecule has 16 nitrogen and oxygen atoms in total. The highest BCUT2D eigenvalue weighted by molar-refractivity contribution is 7.87. The maximum absolute atomic E-state index is 12.9. The number of amides is 3. The van der Waals surface area contributed by atoms with Crippen molar-refractivity contribution in [3.8, 4) is 0 Å². The van der Waals surface area contributed by atoms with Gasteiger partial charge in [0.15, 0.2) is 0 Å². The Bertz CT molecular complexity index is 1820. The molecule has 4 rings (SSSR count). The first-order valence-electron chi connectivity index (χ1n) is 18.0. The van der Waals surface area contributed by atoms with Crippen molar-refractivity contribution < 1.29 is 45.4 Å². The minimum atomic E-state index is -4.06. The monoisotopic (exact) mass is 846 g/mol. The van der Waals surface area contributed by atoms with E-state index in [9.17, 15) is 31.2 Å². The molecule has 3 N–H and O–H groups in total. The maximum atomic E-state index is 12.9. The molecule has 2 aromatic rings. The van der Waals surface area contributed by atoms with Gasteiger partial charge in [-0.2, -0.15) is 34.1 Å². The minimum absolute atomic E-state index is 0. The van der Waals surface area contributed by atoms with Crippen LogP contribution in [0.4, 0.5) is 14.4 Å². The molecule has 0 aliphatic carbocycles. The third-order valence-electron chi connectivity index (χ3n) is 8.77. The largest absolute Gasteiger partial charge is 0.444 e. The van der Waals surface area contributed by atoms with Gasteiger partial charge in [-0.25, -0.2) is 14.4 Å². The number of ether oxygens (including phenoxy) is 3. The van der Waals surface area contributed by atoms with E-state index in [4.69, 9.17) is 19.9 Å². The predicted molar refractivity (Wildman–Crippen MR) is 215 cm³/mol. The molecule has 0 unspecified atom stereocenters. The molecular formula is C37H59ClN6O10S2. The summed E-state index contributed by atoms with van der Waals surface area (Å²) in [5, 5.41) is 2.77. The Morgan fingerprint density at radius 2 is 1.05 bits per heavy atom. The lowest BCUT2D eigenvalue weighted by atomic mass is 9.86. The maximum Gasteiger partial charge on any atom is 0.424 e. The van der Waals surface area contributed by atoms with Gasteiger partial charge in [-0.3, -0.25) is 0 Å². The fourth-order valence-corrected chi connectivity index (χ4v) is 8.13. The molecule has 2 aliphatic rings. The molecule has 2 aliphatic heterocycles. The summed E-state index contributed by atoms with van der Waals surface area (Å²) in [7, 11) is -7.93. The molecule has 0 aromatic heterocycles. The van der Waals surface area contributed by atoms with Gasteiger partial charge in [0.2, 0.25) is 0 Å². The lowest BCUT2D eigenvalue weighted by Crippen LogP contribution is -2.52. The first kappa shape index (κ1) is 48.5. The fourth-order valence-electron chi connectivity index (χ4n) is 5.15. The van der Waals surface area contributed by atoms with E-state index < -0.39 is 55.8 Å². The van der Waals surface area contributed by atoms with Gasteiger partial charge in [-0.15, -0.1) is 12.4 Å². The van der Waals surface area contributed by atoms with Crippen molar-refractivity contribution in [3.63, 3.8) is 0 Å². The van der Waals surface area contributed by atoms with E-state index in [-0.39, 0.29) is 76.3 Å². The summed E-state index contributed by atoms with van der Waals surface area (Å²) in [5.41, 5.74) is 6.28. The Balaban J connectivity index is 0.000000392. The van der Waals surface area contributed by atoms with Gasteiger partial charge < -0.3 is 25.3 Å². The average Bonchev–Trinajstić information content (AvgIpc) is 3.54. The zero-order chi connectivity index (χ0) is 41.4. The molecule has 3 amide bonds. The van der Waals surface area contributed by atoms with Crippen LogP contribution in [0.25, 0.3) is 0 Å². The van der Waals surface area contributed by atoms with Crippen molar-refractivity contribution in [2.24, 2.45) is 16.6 Å². The molecule has 56 heavy (non-hydrogen) atoms. The fraction of sp³-hybridized carbons (Fsp3) is 0.595. The molecule has 0 radical (unpaired) electrons. The number of alkyl carbamates (subject to hydrolysis) is 1.